The molecule has 1 aliphatic carbocycles. The molecule has 0 saturated heterocycles. The zero-order valence-electron chi connectivity index (χ0n) is 7.84. The van der Waals surface area contributed by atoms with Crippen LogP contribution < -0.4 is 11.1 Å². The van der Waals surface area contributed by atoms with E-state index in [1.54, 1.807) is 0 Å². The Bertz CT molecular complexity index is 164. The molecular formula is C9H18N2O. The van der Waals surface area contributed by atoms with Gasteiger partial charge in [-0.05, 0) is 24.7 Å². The van der Waals surface area contributed by atoms with Crippen LogP contribution in [0.5, 0.6) is 0 Å². The van der Waals surface area contributed by atoms with Crippen LogP contribution in [0.4, 0.5) is 0 Å². The molecule has 0 spiro atoms. The third kappa shape index (κ3) is 2.81. The highest BCUT2D eigenvalue weighted by molar-refractivity contribution is 5.81. The second kappa shape index (κ2) is 3.90. The van der Waals surface area contributed by atoms with Gasteiger partial charge in [0, 0.05) is 6.54 Å². The van der Waals surface area contributed by atoms with Crippen molar-refractivity contribution < 1.29 is 4.79 Å². The van der Waals surface area contributed by atoms with Crippen LogP contribution in [0.1, 0.15) is 26.7 Å². The van der Waals surface area contributed by atoms with E-state index in [4.69, 9.17) is 5.73 Å². The number of hydrogen-bond donors (Lipinski definition) is 2. The Balaban J connectivity index is 2.16. The van der Waals surface area contributed by atoms with E-state index in [2.05, 4.69) is 5.32 Å². The van der Waals surface area contributed by atoms with Crippen molar-refractivity contribution >= 4 is 5.91 Å². The summed E-state index contributed by atoms with van der Waals surface area (Å²) >= 11 is 0. The molecule has 3 N–H and O–H groups in total. The molecule has 1 amide bonds. The zero-order valence-corrected chi connectivity index (χ0v) is 7.84. The van der Waals surface area contributed by atoms with Crippen molar-refractivity contribution in [2.75, 3.05) is 6.54 Å². The fourth-order valence-corrected chi connectivity index (χ4v) is 0.988. The quantitative estimate of drug-likeness (QED) is 0.645. The number of amides is 1. The number of hydrogen-bond acceptors (Lipinski definition) is 2. The highest BCUT2D eigenvalue weighted by atomic mass is 16.2. The second-order valence-corrected chi connectivity index (χ2v) is 3.96. The molecular weight excluding hydrogens is 152 g/mol. The summed E-state index contributed by atoms with van der Waals surface area (Å²) in [5, 5.41) is 2.86. The molecule has 12 heavy (non-hydrogen) atoms. The summed E-state index contributed by atoms with van der Waals surface area (Å²) in [5.41, 5.74) is 5.65. The van der Waals surface area contributed by atoms with E-state index in [-0.39, 0.29) is 17.9 Å². The van der Waals surface area contributed by atoms with Crippen molar-refractivity contribution in [1.29, 1.82) is 0 Å². The normalized spacial score (nSPS) is 19.3. The van der Waals surface area contributed by atoms with Crippen LogP contribution in [0, 0.1) is 11.8 Å². The standard InChI is InChI=1S/C9H18N2O/c1-6(2)8(10)9(12)11-5-7-3-4-7/h6-8H,3-5,10H2,1-2H3,(H,11,12). The molecule has 0 aliphatic heterocycles. The minimum absolute atomic E-state index is 0.00287. The van der Waals surface area contributed by atoms with Crippen LogP contribution in [0.25, 0.3) is 0 Å². The Morgan fingerprint density at radius 1 is 1.58 bits per heavy atom. The van der Waals surface area contributed by atoms with Crippen LogP contribution in [-0.2, 0) is 4.79 Å². The minimum Gasteiger partial charge on any atom is -0.354 e. The van der Waals surface area contributed by atoms with Gasteiger partial charge in [0.05, 0.1) is 6.04 Å². The summed E-state index contributed by atoms with van der Waals surface area (Å²) in [5.74, 6) is 0.953. The van der Waals surface area contributed by atoms with Crippen molar-refractivity contribution in [3.05, 3.63) is 0 Å². The molecule has 1 aliphatic rings. The Morgan fingerprint density at radius 3 is 2.58 bits per heavy atom. The molecule has 3 heteroatoms. The van der Waals surface area contributed by atoms with Gasteiger partial charge in [0.25, 0.3) is 0 Å². The number of nitrogens with one attached hydrogen (secondary N) is 1. The summed E-state index contributed by atoms with van der Waals surface area (Å²) in [4.78, 5) is 11.3. The predicted molar refractivity (Wildman–Crippen MR) is 48.5 cm³/mol. The lowest BCUT2D eigenvalue weighted by atomic mass is 10.1. The maximum Gasteiger partial charge on any atom is 0.237 e. The van der Waals surface area contributed by atoms with Crippen molar-refractivity contribution in [3.63, 3.8) is 0 Å². The van der Waals surface area contributed by atoms with Crippen LogP contribution >= 0.6 is 0 Å². The van der Waals surface area contributed by atoms with Gasteiger partial charge < -0.3 is 11.1 Å². The Morgan fingerprint density at radius 2 is 2.17 bits per heavy atom. The third-order valence-corrected chi connectivity index (χ3v) is 2.28. The van der Waals surface area contributed by atoms with Gasteiger partial charge in [0.2, 0.25) is 5.91 Å². The van der Waals surface area contributed by atoms with Crippen LogP contribution in [0.2, 0.25) is 0 Å². The van der Waals surface area contributed by atoms with Crippen molar-refractivity contribution in [2.45, 2.75) is 32.7 Å². The Kier molecular flexibility index (Phi) is 3.09. The lowest BCUT2D eigenvalue weighted by molar-refractivity contribution is -0.123. The molecule has 3 nitrogen and oxygen atoms in total. The van der Waals surface area contributed by atoms with Gasteiger partial charge in [-0.15, -0.1) is 0 Å². The first kappa shape index (κ1) is 9.52. The fraction of sp³-hybridized carbons (Fsp3) is 0.889. The summed E-state index contributed by atoms with van der Waals surface area (Å²) in [7, 11) is 0. The van der Waals surface area contributed by atoms with E-state index < -0.39 is 0 Å². The second-order valence-electron chi connectivity index (χ2n) is 3.96. The number of rotatable bonds is 4. The number of nitrogens with two attached hydrogens (primary N) is 1. The third-order valence-electron chi connectivity index (χ3n) is 2.28. The first-order valence-electron chi connectivity index (χ1n) is 4.64. The van der Waals surface area contributed by atoms with E-state index in [9.17, 15) is 4.79 Å². The van der Waals surface area contributed by atoms with Gasteiger partial charge in [-0.1, -0.05) is 13.8 Å². The maximum atomic E-state index is 11.3. The molecule has 0 heterocycles. The average molecular weight is 170 g/mol. The van der Waals surface area contributed by atoms with Crippen molar-refractivity contribution in [2.24, 2.45) is 17.6 Å². The molecule has 1 unspecified atom stereocenters. The molecule has 0 radical (unpaired) electrons. The van der Waals surface area contributed by atoms with Gasteiger partial charge in [-0.2, -0.15) is 0 Å². The molecule has 1 saturated carbocycles. The monoisotopic (exact) mass is 170 g/mol. The van der Waals surface area contributed by atoms with Gasteiger partial charge >= 0.3 is 0 Å². The van der Waals surface area contributed by atoms with Crippen LogP contribution in [0.3, 0.4) is 0 Å². The predicted octanol–water partition coefficient (Wildman–Crippen LogP) is 0.496. The SMILES string of the molecule is CC(C)C(N)C(=O)NCC1CC1. The van der Waals surface area contributed by atoms with Gasteiger partial charge in [-0.3, -0.25) is 4.79 Å². The Hall–Kier alpha value is -0.570. The van der Waals surface area contributed by atoms with E-state index in [1.807, 2.05) is 13.8 Å². The van der Waals surface area contributed by atoms with E-state index in [0.29, 0.717) is 0 Å². The average Bonchev–Trinajstić information content (AvgIpc) is 2.81. The molecule has 70 valence electrons. The lowest BCUT2D eigenvalue weighted by Gasteiger charge is -2.14. The minimum atomic E-state index is -0.344. The summed E-state index contributed by atoms with van der Waals surface area (Å²) < 4.78 is 0. The Labute approximate surface area is 73.7 Å². The van der Waals surface area contributed by atoms with Gasteiger partial charge in [0.15, 0.2) is 0 Å². The smallest absolute Gasteiger partial charge is 0.237 e. The summed E-state index contributed by atoms with van der Waals surface area (Å²) in [6, 6.07) is -0.344. The zero-order chi connectivity index (χ0) is 9.14. The molecule has 1 atom stereocenters. The van der Waals surface area contributed by atoms with Gasteiger partial charge in [-0.25, -0.2) is 0 Å². The maximum absolute atomic E-state index is 11.3. The molecule has 1 fully saturated rings. The largest absolute Gasteiger partial charge is 0.354 e. The highest BCUT2D eigenvalue weighted by Gasteiger charge is 2.23. The molecule has 0 bridgehead atoms. The molecule has 0 aromatic rings. The van der Waals surface area contributed by atoms with Gasteiger partial charge in [0.1, 0.15) is 0 Å². The van der Waals surface area contributed by atoms with Crippen LogP contribution in [-0.4, -0.2) is 18.5 Å². The van der Waals surface area contributed by atoms with Crippen molar-refractivity contribution in [3.8, 4) is 0 Å². The first-order valence-corrected chi connectivity index (χ1v) is 4.64. The number of carbonyl (C=O) groups is 1. The van der Waals surface area contributed by atoms with Crippen molar-refractivity contribution in [1.82, 2.24) is 5.32 Å². The van der Waals surface area contributed by atoms with E-state index in [1.165, 1.54) is 12.8 Å². The fourth-order valence-electron chi connectivity index (χ4n) is 0.988. The van der Waals surface area contributed by atoms with Crippen LogP contribution in [0.15, 0.2) is 0 Å². The van der Waals surface area contributed by atoms with E-state index >= 15 is 0 Å². The topological polar surface area (TPSA) is 55.1 Å². The first-order chi connectivity index (χ1) is 5.61. The molecule has 0 aromatic heterocycles. The molecule has 1 rings (SSSR count). The lowest BCUT2D eigenvalue weighted by Crippen LogP contribution is -2.44. The van der Waals surface area contributed by atoms with E-state index in [0.717, 1.165) is 12.5 Å². The summed E-state index contributed by atoms with van der Waals surface area (Å²) in [6.45, 7) is 4.74. The molecule has 0 aromatic carbocycles. The highest BCUT2D eigenvalue weighted by Crippen LogP contribution is 2.27. The summed E-state index contributed by atoms with van der Waals surface area (Å²) in [6.07, 6.45) is 2.52. The number of carbonyl (C=O) groups excluding carboxylic acids is 1.